The first-order valence-electron chi connectivity index (χ1n) is 7.22. The SMILES string of the molecule is Fc1cc2c(cc1Cl)[nH]c(=S)n2CCCC1CCCC1. The molecule has 2 nitrogen and oxygen atoms in total. The van der Waals surface area contributed by atoms with E-state index < -0.39 is 5.82 Å². The van der Waals surface area contributed by atoms with Gasteiger partial charge in [-0.1, -0.05) is 37.3 Å². The molecule has 3 rings (SSSR count). The minimum absolute atomic E-state index is 0.131. The number of hydrogen-bond donors (Lipinski definition) is 1. The van der Waals surface area contributed by atoms with Gasteiger partial charge in [-0.15, -0.1) is 0 Å². The minimum atomic E-state index is -0.391. The van der Waals surface area contributed by atoms with Gasteiger partial charge in [-0.25, -0.2) is 4.39 Å². The maximum atomic E-state index is 13.6. The molecule has 1 aliphatic rings. The zero-order valence-corrected chi connectivity index (χ0v) is 12.9. The summed E-state index contributed by atoms with van der Waals surface area (Å²) in [4.78, 5) is 3.10. The Morgan fingerprint density at radius 3 is 2.85 bits per heavy atom. The van der Waals surface area contributed by atoms with Gasteiger partial charge in [0.2, 0.25) is 0 Å². The van der Waals surface area contributed by atoms with Gasteiger partial charge in [-0.3, -0.25) is 0 Å². The average Bonchev–Trinajstić information content (AvgIpc) is 3.01. The minimum Gasteiger partial charge on any atom is -0.331 e. The number of hydrogen-bond acceptors (Lipinski definition) is 1. The van der Waals surface area contributed by atoms with Gasteiger partial charge >= 0.3 is 0 Å². The predicted octanol–water partition coefficient (Wildman–Crippen LogP) is 5.46. The average molecular weight is 313 g/mol. The normalized spacial score (nSPS) is 16.3. The third-order valence-corrected chi connectivity index (χ3v) is 4.90. The van der Waals surface area contributed by atoms with Crippen molar-refractivity contribution in [3.63, 3.8) is 0 Å². The largest absolute Gasteiger partial charge is 0.331 e. The van der Waals surface area contributed by atoms with Gasteiger partial charge in [0.25, 0.3) is 0 Å². The van der Waals surface area contributed by atoms with Gasteiger partial charge < -0.3 is 9.55 Å². The quantitative estimate of drug-likeness (QED) is 0.743. The molecular weight excluding hydrogens is 295 g/mol. The second-order valence-electron chi connectivity index (χ2n) is 5.66. The van der Waals surface area contributed by atoms with Crippen molar-refractivity contribution in [3.8, 4) is 0 Å². The number of H-pyrrole nitrogens is 1. The van der Waals surface area contributed by atoms with E-state index in [1.807, 2.05) is 4.57 Å². The van der Waals surface area contributed by atoms with E-state index in [9.17, 15) is 4.39 Å². The highest BCUT2D eigenvalue weighted by Crippen LogP contribution is 2.29. The first-order chi connectivity index (χ1) is 9.65. The molecule has 0 unspecified atom stereocenters. The highest BCUT2D eigenvalue weighted by molar-refractivity contribution is 7.71. The van der Waals surface area contributed by atoms with Crippen molar-refractivity contribution in [2.45, 2.75) is 45.1 Å². The molecule has 0 bridgehead atoms. The summed E-state index contributed by atoms with van der Waals surface area (Å²) in [5, 5.41) is 0.131. The Labute approximate surface area is 127 Å². The van der Waals surface area contributed by atoms with Crippen molar-refractivity contribution in [3.05, 3.63) is 27.7 Å². The van der Waals surface area contributed by atoms with Crippen LogP contribution in [0, 0.1) is 16.5 Å². The smallest absolute Gasteiger partial charge is 0.178 e. The van der Waals surface area contributed by atoms with Crippen LogP contribution in [-0.2, 0) is 6.54 Å². The van der Waals surface area contributed by atoms with E-state index in [0.717, 1.165) is 29.9 Å². The summed E-state index contributed by atoms with van der Waals surface area (Å²) >= 11 is 11.1. The summed E-state index contributed by atoms with van der Waals surface area (Å²) in [7, 11) is 0. The number of aromatic amines is 1. The van der Waals surface area contributed by atoms with Gasteiger partial charge in [0, 0.05) is 12.6 Å². The van der Waals surface area contributed by atoms with Gasteiger partial charge in [0.05, 0.1) is 16.1 Å². The van der Waals surface area contributed by atoms with Crippen LogP contribution in [-0.4, -0.2) is 9.55 Å². The number of aromatic nitrogens is 2. The Balaban J connectivity index is 1.78. The first-order valence-corrected chi connectivity index (χ1v) is 8.01. The second kappa shape index (κ2) is 5.86. The fraction of sp³-hybridized carbons (Fsp3) is 0.533. The number of imidazole rings is 1. The molecule has 0 aliphatic heterocycles. The first kappa shape index (κ1) is 14.1. The van der Waals surface area contributed by atoms with Crippen molar-refractivity contribution in [1.82, 2.24) is 9.55 Å². The van der Waals surface area contributed by atoms with E-state index in [1.165, 1.54) is 38.2 Å². The van der Waals surface area contributed by atoms with Crippen LogP contribution in [0.25, 0.3) is 11.0 Å². The Hall–Kier alpha value is -0.870. The van der Waals surface area contributed by atoms with Gasteiger partial charge in [0.15, 0.2) is 4.77 Å². The van der Waals surface area contributed by atoms with Gasteiger partial charge in [0.1, 0.15) is 5.82 Å². The van der Waals surface area contributed by atoms with E-state index in [0.29, 0.717) is 4.77 Å². The fourth-order valence-electron chi connectivity index (χ4n) is 3.21. The maximum Gasteiger partial charge on any atom is 0.178 e. The standard InChI is InChI=1S/C15H18ClFN2S/c16-11-8-13-14(9-12(11)17)19(15(20)18-13)7-3-6-10-4-1-2-5-10/h8-10H,1-7H2,(H,18,20). The van der Waals surface area contributed by atoms with Crippen LogP contribution in [0.2, 0.25) is 5.02 Å². The Morgan fingerprint density at radius 1 is 1.35 bits per heavy atom. The molecule has 1 saturated carbocycles. The number of nitrogens with zero attached hydrogens (tertiary/aromatic N) is 1. The molecule has 1 fully saturated rings. The number of rotatable bonds is 4. The molecule has 1 aromatic heterocycles. The van der Waals surface area contributed by atoms with Crippen molar-refractivity contribution < 1.29 is 4.39 Å². The number of halogens is 2. The van der Waals surface area contributed by atoms with E-state index in [1.54, 1.807) is 6.07 Å². The maximum absolute atomic E-state index is 13.6. The summed E-state index contributed by atoms with van der Waals surface area (Å²) in [5.74, 6) is 0.485. The highest BCUT2D eigenvalue weighted by Gasteiger charge is 2.15. The molecule has 1 heterocycles. The molecule has 2 aromatic rings. The second-order valence-corrected chi connectivity index (χ2v) is 6.45. The lowest BCUT2D eigenvalue weighted by Gasteiger charge is -2.09. The number of aryl methyl sites for hydroxylation is 1. The Bertz CT molecular complexity index is 670. The van der Waals surface area contributed by atoms with Crippen LogP contribution in [0.5, 0.6) is 0 Å². The number of nitrogens with one attached hydrogen (secondary N) is 1. The molecule has 1 aromatic carbocycles. The van der Waals surface area contributed by atoms with Crippen LogP contribution < -0.4 is 0 Å². The number of fused-ring (bicyclic) bond motifs is 1. The molecule has 20 heavy (non-hydrogen) atoms. The van der Waals surface area contributed by atoms with Gasteiger partial charge in [-0.05, 0) is 37.0 Å². The van der Waals surface area contributed by atoms with Crippen LogP contribution in [0.3, 0.4) is 0 Å². The molecular formula is C15H18ClFN2S. The molecule has 0 radical (unpaired) electrons. The monoisotopic (exact) mass is 312 g/mol. The van der Waals surface area contributed by atoms with Gasteiger partial charge in [-0.2, -0.15) is 0 Å². The lowest BCUT2D eigenvalue weighted by atomic mass is 10.0. The molecule has 5 heteroatoms. The van der Waals surface area contributed by atoms with Crippen molar-refractivity contribution in [2.24, 2.45) is 5.92 Å². The Kier molecular flexibility index (Phi) is 4.13. The zero-order chi connectivity index (χ0) is 14.1. The highest BCUT2D eigenvalue weighted by atomic mass is 35.5. The predicted molar refractivity (Wildman–Crippen MR) is 83.3 cm³/mol. The van der Waals surface area contributed by atoms with E-state index in [-0.39, 0.29) is 5.02 Å². The van der Waals surface area contributed by atoms with Crippen molar-refractivity contribution in [2.75, 3.05) is 0 Å². The molecule has 0 atom stereocenters. The van der Waals surface area contributed by atoms with E-state index >= 15 is 0 Å². The third kappa shape index (κ3) is 2.77. The molecule has 108 valence electrons. The summed E-state index contributed by atoms with van der Waals surface area (Å²) < 4.78 is 16.2. The van der Waals surface area contributed by atoms with Crippen LogP contribution in [0.1, 0.15) is 38.5 Å². The number of benzene rings is 1. The summed E-state index contributed by atoms with van der Waals surface area (Å²) in [5.41, 5.74) is 1.62. The molecule has 0 amide bonds. The third-order valence-electron chi connectivity index (χ3n) is 4.28. The Morgan fingerprint density at radius 2 is 2.10 bits per heavy atom. The van der Waals surface area contributed by atoms with E-state index in [4.69, 9.17) is 23.8 Å². The van der Waals surface area contributed by atoms with E-state index in [2.05, 4.69) is 4.98 Å². The zero-order valence-electron chi connectivity index (χ0n) is 11.3. The molecule has 0 spiro atoms. The summed E-state index contributed by atoms with van der Waals surface area (Å²) in [6, 6.07) is 3.08. The summed E-state index contributed by atoms with van der Waals surface area (Å²) in [6.45, 7) is 0.844. The molecule has 1 aliphatic carbocycles. The van der Waals surface area contributed by atoms with Crippen LogP contribution in [0.15, 0.2) is 12.1 Å². The van der Waals surface area contributed by atoms with Crippen molar-refractivity contribution >= 4 is 34.9 Å². The lowest BCUT2D eigenvalue weighted by Crippen LogP contribution is -2.01. The summed E-state index contributed by atoms with van der Waals surface area (Å²) in [6.07, 6.45) is 7.81. The van der Waals surface area contributed by atoms with Crippen LogP contribution in [0.4, 0.5) is 4.39 Å². The fourth-order valence-corrected chi connectivity index (χ4v) is 3.67. The van der Waals surface area contributed by atoms with Crippen LogP contribution >= 0.6 is 23.8 Å². The topological polar surface area (TPSA) is 20.7 Å². The van der Waals surface area contributed by atoms with Crippen molar-refractivity contribution in [1.29, 1.82) is 0 Å². The molecule has 1 N–H and O–H groups in total. The molecule has 0 saturated heterocycles. The lowest BCUT2D eigenvalue weighted by molar-refractivity contribution is 0.460.